The smallest absolute Gasteiger partial charge is 0.238 e. The number of carbonyl (C=O) groups is 1. The molecule has 0 radical (unpaired) electrons. The SMILES string of the molecule is CN=C(NCc1cccc(NC(=O)CN(C)C)c1)N(C)Cc1cccn1C.I. The average molecular weight is 498 g/mol. The number of halogens is 1. The van der Waals surface area contributed by atoms with Crippen molar-refractivity contribution in [3.8, 4) is 0 Å². The molecule has 1 aromatic heterocycles. The molecule has 7 nitrogen and oxygen atoms in total. The molecule has 2 rings (SSSR count). The van der Waals surface area contributed by atoms with E-state index >= 15 is 0 Å². The number of aromatic nitrogens is 1. The van der Waals surface area contributed by atoms with Gasteiger partial charge in [-0.05, 0) is 43.9 Å². The normalized spacial score (nSPS) is 11.1. The molecule has 0 aliphatic rings. The van der Waals surface area contributed by atoms with Crippen molar-refractivity contribution in [1.82, 2.24) is 19.7 Å². The Morgan fingerprint density at radius 1 is 1.18 bits per heavy atom. The summed E-state index contributed by atoms with van der Waals surface area (Å²) in [6.07, 6.45) is 2.04. The van der Waals surface area contributed by atoms with E-state index in [1.807, 2.05) is 69.6 Å². The zero-order valence-electron chi connectivity index (χ0n) is 17.3. The van der Waals surface area contributed by atoms with Gasteiger partial charge in [0.2, 0.25) is 5.91 Å². The first kappa shape index (κ1) is 24.0. The molecule has 0 aliphatic heterocycles. The fraction of sp³-hybridized carbons (Fsp3) is 0.400. The van der Waals surface area contributed by atoms with Crippen LogP contribution in [0.1, 0.15) is 11.3 Å². The lowest BCUT2D eigenvalue weighted by atomic mass is 10.2. The summed E-state index contributed by atoms with van der Waals surface area (Å²) in [6.45, 7) is 1.75. The lowest BCUT2D eigenvalue weighted by Crippen LogP contribution is -2.38. The summed E-state index contributed by atoms with van der Waals surface area (Å²) in [5.41, 5.74) is 3.09. The number of hydrogen-bond donors (Lipinski definition) is 2. The first-order chi connectivity index (χ1) is 12.9. The zero-order chi connectivity index (χ0) is 19.8. The number of anilines is 1. The predicted molar refractivity (Wildman–Crippen MR) is 126 cm³/mol. The maximum Gasteiger partial charge on any atom is 0.238 e. The van der Waals surface area contributed by atoms with Gasteiger partial charge in [0.1, 0.15) is 0 Å². The first-order valence-electron chi connectivity index (χ1n) is 8.94. The standard InChI is InChI=1S/C20H30N6O.HI/c1-21-20(26(5)14-18-10-7-11-25(18)4)22-13-16-8-6-9-17(12-16)23-19(27)15-24(2)3;/h6-12H,13-15H2,1-5H3,(H,21,22)(H,23,27);1H. The van der Waals surface area contributed by atoms with Gasteiger partial charge in [0.15, 0.2) is 5.96 Å². The Hall–Kier alpha value is -2.07. The van der Waals surface area contributed by atoms with Crippen molar-refractivity contribution >= 4 is 41.5 Å². The van der Waals surface area contributed by atoms with Gasteiger partial charge in [0.25, 0.3) is 0 Å². The molecule has 28 heavy (non-hydrogen) atoms. The van der Waals surface area contributed by atoms with E-state index in [2.05, 4.69) is 31.2 Å². The fourth-order valence-electron chi connectivity index (χ4n) is 2.79. The Kier molecular flexibility index (Phi) is 10.0. The topological polar surface area (TPSA) is 64.9 Å². The highest BCUT2D eigenvalue weighted by molar-refractivity contribution is 14.0. The highest BCUT2D eigenvalue weighted by Gasteiger charge is 2.09. The highest BCUT2D eigenvalue weighted by atomic mass is 127. The maximum absolute atomic E-state index is 11.9. The quantitative estimate of drug-likeness (QED) is 0.350. The average Bonchev–Trinajstić information content (AvgIpc) is 2.99. The summed E-state index contributed by atoms with van der Waals surface area (Å²) in [4.78, 5) is 20.2. The number of aryl methyl sites for hydroxylation is 1. The highest BCUT2D eigenvalue weighted by Crippen LogP contribution is 2.11. The van der Waals surface area contributed by atoms with Crippen LogP contribution >= 0.6 is 24.0 Å². The fourth-order valence-corrected chi connectivity index (χ4v) is 2.79. The molecule has 0 fully saturated rings. The van der Waals surface area contributed by atoms with Crippen LogP contribution in [0.4, 0.5) is 5.69 Å². The van der Waals surface area contributed by atoms with Gasteiger partial charge in [-0.1, -0.05) is 12.1 Å². The van der Waals surface area contributed by atoms with Gasteiger partial charge in [0, 0.05) is 45.3 Å². The number of benzene rings is 1. The Balaban J connectivity index is 0.00000392. The van der Waals surface area contributed by atoms with E-state index in [1.54, 1.807) is 7.05 Å². The zero-order valence-corrected chi connectivity index (χ0v) is 19.6. The van der Waals surface area contributed by atoms with Crippen molar-refractivity contribution in [3.63, 3.8) is 0 Å². The van der Waals surface area contributed by atoms with Crippen molar-refractivity contribution in [2.75, 3.05) is 40.1 Å². The minimum atomic E-state index is -0.0248. The van der Waals surface area contributed by atoms with E-state index in [9.17, 15) is 4.79 Å². The lowest BCUT2D eigenvalue weighted by Gasteiger charge is -2.22. The van der Waals surface area contributed by atoms with Crippen molar-refractivity contribution in [2.24, 2.45) is 12.0 Å². The van der Waals surface area contributed by atoms with Crippen LogP contribution in [0.2, 0.25) is 0 Å². The van der Waals surface area contributed by atoms with Gasteiger partial charge in [-0.3, -0.25) is 9.79 Å². The first-order valence-corrected chi connectivity index (χ1v) is 8.94. The second-order valence-corrected chi connectivity index (χ2v) is 6.85. The predicted octanol–water partition coefficient (Wildman–Crippen LogP) is 2.35. The van der Waals surface area contributed by atoms with Crippen LogP contribution in [0, 0.1) is 0 Å². The number of guanidine groups is 1. The second kappa shape index (κ2) is 11.7. The number of hydrogen-bond acceptors (Lipinski definition) is 3. The molecule has 1 aromatic carbocycles. The Labute approximate surface area is 184 Å². The summed E-state index contributed by atoms with van der Waals surface area (Å²) >= 11 is 0. The molecular weight excluding hydrogens is 467 g/mol. The van der Waals surface area contributed by atoms with E-state index in [1.165, 1.54) is 5.69 Å². The molecule has 0 spiro atoms. The molecule has 8 heteroatoms. The number of aliphatic imine (C=N–C) groups is 1. The van der Waals surface area contributed by atoms with Crippen LogP contribution in [0.15, 0.2) is 47.6 Å². The minimum absolute atomic E-state index is 0. The van der Waals surface area contributed by atoms with Crippen LogP contribution in [0.3, 0.4) is 0 Å². The van der Waals surface area contributed by atoms with Crippen LogP contribution in [-0.4, -0.2) is 61.0 Å². The van der Waals surface area contributed by atoms with Gasteiger partial charge in [-0.15, -0.1) is 24.0 Å². The summed E-state index contributed by atoms with van der Waals surface area (Å²) in [5, 5.41) is 6.30. The van der Waals surface area contributed by atoms with Crippen LogP contribution in [0.25, 0.3) is 0 Å². The van der Waals surface area contributed by atoms with Crippen LogP contribution in [-0.2, 0) is 24.9 Å². The Bertz CT molecular complexity index is 787. The maximum atomic E-state index is 11.9. The van der Waals surface area contributed by atoms with Crippen molar-refractivity contribution < 1.29 is 4.79 Å². The van der Waals surface area contributed by atoms with Crippen molar-refractivity contribution in [1.29, 1.82) is 0 Å². The van der Waals surface area contributed by atoms with Crippen molar-refractivity contribution in [3.05, 3.63) is 53.9 Å². The third kappa shape index (κ3) is 7.51. The van der Waals surface area contributed by atoms with Gasteiger partial charge in [-0.25, -0.2) is 0 Å². The van der Waals surface area contributed by atoms with Crippen LogP contribution < -0.4 is 10.6 Å². The summed E-state index contributed by atoms with van der Waals surface area (Å²) < 4.78 is 2.10. The number of carbonyl (C=O) groups excluding carboxylic acids is 1. The minimum Gasteiger partial charge on any atom is -0.353 e. The number of nitrogens with zero attached hydrogens (tertiary/aromatic N) is 4. The molecule has 1 heterocycles. The Morgan fingerprint density at radius 2 is 1.93 bits per heavy atom. The third-order valence-electron chi connectivity index (χ3n) is 4.15. The number of amides is 1. The van der Waals surface area contributed by atoms with Crippen LogP contribution in [0.5, 0.6) is 0 Å². The molecule has 2 N–H and O–H groups in total. The molecule has 0 aliphatic carbocycles. The number of likely N-dealkylation sites (N-methyl/N-ethyl adjacent to an activating group) is 1. The van der Waals surface area contributed by atoms with E-state index < -0.39 is 0 Å². The van der Waals surface area contributed by atoms with Gasteiger partial charge >= 0.3 is 0 Å². The summed E-state index contributed by atoms with van der Waals surface area (Å²) in [7, 11) is 9.58. The third-order valence-corrected chi connectivity index (χ3v) is 4.15. The molecule has 0 unspecified atom stereocenters. The van der Waals surface area contributed by atoms with E-state index in [0.29, 0.717) is 13.1 Å². The number of nitrogens with one attached hydrogen (secondary N) is 2. The van der Waals surface area contributed by atoms with E-state index in [-0.39, 0.29) is 29.9 Å². The summed E-state index contributed by atoms with van der Waals surface area (Å²) in [5.74, 6) is 0.793. The second-order valence-electron chi connectivity index (χ2n) is 6.85. The molecule has 0 atom stereocenters. The molecule has 0 bridgehead atoms. The molecule has 0 saturated heterocycles. The van der Waals surface area contributed by atoms with E-state index in [0.717, 1.165) is 23.8 Å². The molecule has 0 saturated carbocycles. The lowest BCUT2D eigenvalue weighted by molar-refractivity contribution is -0.116. The van der Waals surface area contributed by atoms with Gasteiger partial charge in [0.05, 0.1) is 13.1 Å². The molecule has 2 aromatic rings. The van der Waals surface area contributed by atoms with E-state index in [4.69, 9.17) is 0 Å². The number of rotatable bonds is 7. The molecular formula is C20H31IN6O. The monoisotopic (exact) mass is 498 g/mol. The molecule has 1 amide bonds. The van der Waals surface area contributed by atoms with Crippen molar-refractivity contribution in [2.45, 2.75) is 13.1 Å². The Morgan fingerprint density at radius 3 is 2.54 bits per heavy atom. The molecule has 154 valence electrons. The largest absolute Gasteiger partial charge is 0.353 e. The van der Waals surface area contributed by atoms with Gasteiger partial charge < -0.3 is 25.0 Å². The van der Waals surface area contributed by atoms with Gasteiger partial charge in [-0.2, -0.15) is 0 Å². The summed E-state index contributed by atoms with van der Waals surface area (Å²) in [6, 6.07) is 12.0.